The number of ether oxygens (including phenoxy) is 2. The minimum absolute atomic E-state index is 0.0932. The molecule has 0 radical (unpaired) electrons. The zero-order chi connectivity index (χ0) is 34.9. The number of carboxylic acid groups (broad SMARTS) is 1. The van der Waals surface area contributed by atoms with Crippen molar-refractivity contribution in [3.8, 4) is 22.6 Å². The summed E-state index contributed by atoms with van der Waals surface area (Å²) < 4.78 is 10.9. The molecule has 12 nitrogen and oxygen atoms in total. The van der Waals surface area contributed by atoms with E-state index in [-0.39, 0.29) is 47.2 Å². The molecule has 49 heavy (non-hydrogen) atoms. The normalized spacial score (nSPS) is 11.6. The Balaban J connectivity index is 1.13. The number of fused-ring (bicyclic) bond motifs is 1. The second kappa shape index (κ2) is 16.0. The van der Waals surface area contributed by atoms with Crippen molar-refractivity contribution >= 4 is 46.1 Å². The summed E-state index contributed by atoms with van der Waals surface area (Å²) in [6, 6.07) is 24.1. The van der Waals surface area contributed by atoms with Crippen LogP contribution >= 0.6 is 11.6 Å². The Morgan fingerprint density at radius 1 is 0.959 bits per heavy atom. The van der Waals surface area contributed by atoms with Crippen molar-refractivity contribution < 1.29 is 34.4 Å². The predicted molar refractivity (Wildman–Crippen MR) is 188 cm³/mol. The number of aryl methyl sites for hydroxylation is 1. The lowest BCUT2D eigenvalue weighted by atomic mass is 10.00. The van der Waals surface area contributed by atoms with E-state index in [2.05, 4.69) is 20.9 Å². The number of rotatable bonds is 13. The molecule has 2 amide bonds. The van der Waals surface area contributed by atoms with Crippen molar-refractivity contribution in [2.24, 2.45) is 0 Å². The van der Waals surface area contributed by atoms with Crippen molar-refractivity contribution in [3.05, 3.63) is 117 Å². The van der Waals surface area contributed by atoms with Gasteiger partial charge in [-0.1, -0.05) is 60.1 Å². The molecular weight excluding hydrogens is 652 g/mol. The van der Waals surface area contributed by atoms with Gasteiger partial charge in [-0.15, -0.1) is 0 Å². The van der Waals surface area contributed by atoms with Crippen LogP contribution in [0.5, 0.6) is 11.5 Å². The fourth-order valence-electron chi connectivity index (χ4n) is 5.44. The van der Waals surface area contributed by atoms with Gasteiger partial charge in [-0.2, -0.15) is 0 Å². The Morgan fingerprint density at radius 2 is 1.76 bits per heavy atom. The molecule has 0 spiro atoms. The highest BCUT2D eigenvalue weighted by Crippen LogP contribution is 2.33. The summed E-state index contributed by atoms with van der Waals surface area (Å²) >= 11 is 6.48. The van der Waals surface area contributed by atoms with E-state index in [1.165, 1.54) is 19.2 Å². The molecule has 7 N–H and O–H groups in total. The summed E-state index contributed by atoms with van der Waals surface area (Å²) in [4.78, 5) is 38.2. The SMILES string of the molecule is COc1cc(NC(=O)OCCCc2ccc(-c3ccccc3)c(NC(=O)O)c2)c(Cl)cc1CNC[C@H](O)c1ccc(O)c2[nH]c(=O)ccc12. The fraction of sp³-hybridized carbons (Fsp3) is 0.194. The summed E-state index contributed by atoms with van der Waals surface area (Å²) in [5.41, 5.74) is 4.37. The second-order valence-corrected chi connectivity index (χ2v) is 11.5. The van der Waals surface area contributed by atoms with Crippen molar-refractivity contribution in [1.29, 1.82) is 0 Å². The molecule has 4 aromatic carbocycles. The molecule has 1 atom stereocenters. The molecule has 0 bridgehead atoms. The van der Waals surface area contributed by atoms with Crippen LogP contribution in [0.1, 0.15) is 29.2 Å². The summed E-state index contributed by atoms with van der Waals surface area (Å²) in [6.45, 7) is 0.521. The van der Waals surface area contributed by atoms with Gasteiger partial charge in [-0.05, 0) is 53.8 Å². The van der Waals surface area contributed by atoms with Crippen LogP contribution in [0.2, 0.25) is 5.02 Å². The summed E-state index contributed by atoms with van der Waals surface area (Å²) in [6.07, 6.45) is -1.77. The van der Waals surface area contributed by atoms with Crippen LogP contribution in [-0.4, -0.2) is 52.8 Å². The molecule has 0 unspecified atom stereocenters. The van der Waals surface area contributed by atoms with Gasteiger partial charge in [0, 0.05) is 41.7 Å². The number of carbonyl (C=O) groups is 2. The first-order valence-electron chi connectivity index (χ1n) is 15.3. The minimum atomic E-state index is -1.16. The van der Waals surface area contributed by atoms with Crippen LogP contribution in [-0.2, 0) is 17.7 Å². The quantitative estimate of drug-likeness (QED) is 0.0666. The Hall–Kier alpha value is -5.56. The van der Waals surface area contributed by atoms with Gasteiger partial charge in [0.1, 0.15) is 11.5 Å². The number of nitrogens with one attached hydrogen (secondary N) is 4. The first kappa shape index (κ1) is 34.8. The number of aromatic hydroxyl groups is 1. The van der Waals surface area contributed by atoms with E-state index in [9.17, 15) is 29.7 Å². The molecule has 254 valence electrons. The number of halogens is 1. The maximum atomic E-state index is 12.6. The largest absolute Gasteiger partial charge is 0.506 e. The molecule has 0 saturated heterocycles. The first-order valence-corrected chi connectivity index (χ1v) is 15.7. The Kier molecular flexibility index (Phi) is 11.4. The van der Waals surface area contributed by atoms with Crippen LogP contribution in [0.25, 0.3) is 22.0 Å². The molecule has 1 aromatic heterocycles. The van der Waals surface area contributed by atoms with Crippen molar-refractivity contribution in [2.75, 3.05) is 30.9 Å². The molecule has 1 heterocycles. The number of benzene rings is 4. The van der Waals surface area contributed by atoms with Crippen LogP contribution in [0.4, 0.5) is 21.0 Å². The molecule has 0 saturated carbocycles. The lowest BCUT2D eigenvalue weighted by Gasteiger charge is -2.17. The smallest absolute Gasteiger partial charge is 0.411 e. The number of hydrogen-bond acceptors (Lipinski definition) is 8. The number of pyridine rings is 1. The maximum Gasteiger partial charge on any atom is 0.411 e. The number of aromatic amines is 1. The molecule has 0 fully saturated rings. The van der Waals surface area contributed by atoms with E-state index in [0.717, 1.165) is 16.7 Å². The number of carbonyl (C=O) groups excluding carboxylic acids is 1. The Bertz CT molecular complexity index is 2020. The third-order valence-corrected chi connectivity index (χ3v) is 8.09. The molecule has 13 heteroatoms. The van der Waals surface area contributed by atoms with Gasteiger partial charge < -0.3 is 35.1 Å². The zero-order valence-electron chi connectivity index (χ0n) is 26.5. The summed E-state index contributed by atoms with van der Waals surface area (Å²) in [7, 11) is 1.48. The van der Waals surface area contributed by atoms with E-state index >= 15 is 0 Å². The standard InChI is InChI=1S/C36H35ClN4O8/c1-48-32-18-29(27(37)17-23(32)19-38-20-31(43)25-11-13-30(42)34-26(25)12-14-33(44)41-34)40-36(47)49-15-5-6-21-9-10-24(22-7-3-2-4-8-22)28(16-21)39-35(45)46/h2-4,7-14,16-18,31,38-39,42-43H,5-6,15,19-20H2,1H3,(H,40,47)(H,41,44)(H,45,46)/t31-/m0/s1. The average molecular weight is 687 g/mol. The molecule has 0 aliphatic heterocycles. The van der Waals surface area contributed by atoms with Crippen molar-refractivity contribution in [3.63, 3.8) is 0 Å². The maximum absolute atomic E-state index is 12.6. The molecule has 0 aliphatic carbocycles. The van der Waals surface area contributed by atoms with E-state index < -0.39 is 18.3 Å². The number of H-pyrrole nitrogens is 1. The van der Waals surface area contributed by atoms with E-state index in [1.54, 1.807) is 30.3 Å². The van der Waals surface area contributed by atoms with Crippen LogP contribution in [0.3, 0.4) is 0 Å². The van der Waals surface area contributed by atoms with Crippen LogP contribution < -0.4 is 26.2 Å². The van der Waals surface area contributed by atoms with Crippen molar-refractivity contribution in [2.45, 2.75) is 25.5 Å². The fourth-order valence-corrected chi connectivity index (χ4v) is 5.68. The van der Waals surface area contributed by atoms with Gasteiger partial charge >= 0.3 is 12.2 Å². The van der Waals surface area contributed by atoms with E-state index in [1.807, 2.05) is 42.5 Å². The highest BCUT2D eigenvalue weighted by atomic mass is 35.5. The zero-order valence-corrected chi connectivity index (χ0v) is 27.2. The van der Waals surface area contributed by atoms with Crippen molar-refractivity contribution in [1.82, 2.24) is 10.3 Å². The third kappa shape index (κ3) is 8.87. The van der Waals surface area contributed by atoms with E-state index in [0.29, 0.717) is 40.8 Å². The minimum Gasteiger partial charge on any atom is -0.506 e. The third-order valence-electron chi connectivity index (χ3n) is 7.78. The first-order chi connectivity index (χ1) is 23.6. The number of phenols is 1. The summed E-state index contributed by atoms with van der Waals surface area (Å²) in [5, 5.41) is 39.3. The lowest BCUT2D eigenvalue weighted by Crippen LogP contribution is -2.22. The highest BCUT2D eigenvalue weighted by molar-refractivity contribution is 6.33. The molecular formula is C36H35ClN4O8. The molecule has 0 aliphatic rings. The monoisotopic (exact) mass is 686 g/mol. The molecule has 5 aromatic rings. The number of aromatic nitrogens is 1. The van der Waals surface area contributed by atoms with Gasteiger partial charge in [0.2, 0.25) is 5.56 Å². The number of anilines is 2. The highest BCUT2D eigenvalue weighted by Gasteiger charge is 2.16. The predicted octanol–water partition coefficient (Wildman–Crippen LogP) is 6.66. The lowest BCUT2D eigenvalue weighted by molar-refractivity contribution is 0.160. The van der Waals surface area contributed by atoms with Gasteiger partial charge in [0.15, 0.2) is 0 Å². The number of hydrogen-bond donors (Lipinski definition) is 7. The average Bonchev–Trinajstić information content (AvgIpc) is 3.08. The Labute approximate surface area is 286 Å². The van der Waals surface area contributed by atoms with Crippen LogP contribution in [0, 0.1) is 0 Å². The number of methoxy groups -OCH3 is 1. The summed E-state index contributed by atoms with van der Waals surface area (Å²) in [5.74, 6) is 0.350. The van der Waals surface area contributed by atoms with Gasteiger partial charge in [0.25, 0.3) is 0 Å². The topological polar surface area (TPSA) is 182 Å². The van der Waals surface area contributed by atoms with Gasteiger partial charge in [-0.25, -0.2) is 9.59 Å². The molecule has 5 rings (SSSR count). The second-order valence-electron chi connectivity index (χ2n) is 11.1. The van der Waals surface area contributed by atoms with Crippen LogP contribution in [0.15, 0.2) is 89.7 Å². The number of aliphatic hydroxyl groups is 1. The number of phenolic OH excluding ortho intramolecular Hbond substituents is 1. The van der Waals surface area contributed by atoms with Gasteiger partial charge in [0.05, 0.1) is 41.7 Å². The number of amides is 2. The Morgan fingerprint density at radius 3 is 2.51 bits per heavy atom. The van der Waals surface area contributed by atoms with Gasteiger partial charge in [-0.3, -0.25) is 15.4 Å². The number of aliphatic hydroxyl groups excluding tert-OH is 1. The van der Waals surface area contributed by atoms with E-state index in [4.69, 9.17) is 21.1 Å².